The molecule has 0 atom stereocenters. The molecule has 0 aliphatic carbocycles. The molecule has 0 aromatic carbocycles. The summed E-state index contributed by atoms with van der Waals surface area (Å²) in [5, 5.41) is 0.102. The first-order chi connectivity index (χ1) is 7.00. The van der Waals surface area contributed by atoms with Crippen LogP contribution in [0.2, 0.25) is 0 Å². The zero-order valence-corrected chi connectivity index (χ0v) is 9.66. The Kier molecular flexibility index (Phi) is 3.83. The Hall–Kier alpha value is -0.920. The van der Waals surface area contributed by atoms with E-state index in [-0.39, 0.29) is 11.1 Å². The quantitative estimate of drug-likeness (QED) is 0.733. The SMILES string of the molecule is CC(C)N(CCN)S(=O)(=O)c1cnc[nH]1. The van der Waals surface area contributed by atoms with Crippen LogP contribution in [0.3, 0.4) is 0 Å². The number of aromatic amines is 1. The van der Waals surface area contributed by atoms with E-state index >= 15 is 0 Å². The summed E-state index contributed by atoms with van der Waals surface area (Å²) in [4.78, 5) is 6.29. The van der Waals surface area contributed by atoms with Gasteiger partial charge in [-0.2, -0.15) is 4.31 Å². The molecule has 6 nitrogen and oxygen atoms in total. The van der Waals surface area contributed by atoms with Crippen molar-refractivity contribution >= 4 is 10.0 Å². The van der Waals surface area contributed by atoms with Crippen LogP contribution in [0.15, 0.2) is 17.6 Å². The Morgan fingerprint density at radius 1 is 1.60 bits per heavy atom. The molecule has 0 unspecified atom stereocenters. The van der Waals surface area contributed by atoms with E-state index < -0.39 is 10.0 Å². The predicted molar refractivity (Wildman–Crippen MR) is 56.7 cm³/mol. The molecule has 0 aliphatic heterocycles. The number of rotatable bonds is 5. The molecule has 1 heterocycles. The summed E-state index contributed by atoms with van der Waals surface area (Å²) in [6.45, 7) is 4.22. The van der Waals surface area contributed by atoms with Crippen molar-refractivity contribution in [3.8, 4) is 0 Å². The maximum atomic E-state index is 12.0. The van der Waals surface area contributed by atoms with E-state index in [1.165, 1.54) is 16.8 Å². The normalized spacial score (nSPS) is 12.6. The number of hydrogen-bond donors (Lipinski definition) is 2. The van der Waals surface area contributed by atoms with Gasteiger partial charge in [-0.25, -0.2) is 13.4 Å². The number of nitrogens with zero attached hydrogens (tertiary/aromatic N) is 2. The van der Waals surface area contributed by atoms with Crippen LogP contribution in [0, 0.1) is 0 Å². The lowest BCUT2D eigenvalue weighted by Gasteiger charge is -2.24. The minimum absolute atomic E-state index is 0.102. The molecule has 0 radical (unpaired) electrons. The van der Waals surface area contributed by atoms with Crippen LogP contribution in [-0.4, -0.2) is 41.8 Å². The molecule has 0 saturated carbocycles. The van der Waals surface area contributed by atoms with E-state index in [0.717, 1.165) is 0 Å². The Bertz CT molecular complexity index is 385. The molecule has 86 valence electrons. The molecule has 0 aliphatic rings. The molecule has 15 heavy (non-hydrogen) atoms. The van der Waals surface area contributed by atoms with Crippen molar-refractivity contribution in [2.45, 2.75) is 24.9 Å². The molecular weight excluding hydrogens is 216 g/mol. The molecular formula is C8H16N4O2S. The predicted octanol–water partition coefficient (Wildman–Crippen LogP) is -0.232. The van der Waals surface area contributed by atoms with Crippen LogP contribution in [0.5, 0.6) is 0 Å². The fourth-order valence-electron chi connectivity index (χ4n) is 1.29. The van der Waals surface area contributed by atoms with Crippen molar-refractivity contribution in [3.05, 3.63) is 12.5 Å². The second-order valence-corrected chi connectivity index (χ2v) is 5.27. The van der Waals surface area contributed by atoms with E-state index in [4.69, 9.17) is 5.73 Å². The van der Waals surface area contributed by atoms with Crippen LogP contribution in [-0.2, 0) is 10.0 Å². The van der Waals surface area contributed by atoms with Crippen LogP contribution in [0.25, 0.3) is 0 Å². The Morgan fingerprint density at radius 3 is 2.67 bits per heavy atom. The first kappa shape index (κ1) is 12.2. The Balaban J connectivity index is 3.02. The zero-order chi connectivity index (χ0) is 11.5. The summed E-state index contributed by atoms with van der Waals surface area (Å²) < 4.78 is 25.4. The number of nitrogens with two attached hydrogens (primary N) is 1. The molecule has 1 aromatic heterocycles. The van der Waals surface area contributed by atoms with Gasteiger partial charge in [-0.3, -0.25) is 0 Å². The van der Waals surface area contributed by atoms with E-state index in [1.54, 1.807) is 0 Å². The van der Waals surface area contributed by atoms with Gasteiger partial charge in [0.25, 0.3) is 10.0 Å². The fourth-order valence-corrected chi connectivity index (χ4v) is 2.84. The lowest BCUT2D eigenvalue weighted by Crippen LogP contribution is -2.40. The lowest BCUT2D eigenvalue weighted by molar-refractivity contribution is 0.360. The van der Waals surface area contributed by atoms with Gasteiger partial charge in [-0.1, -0.05) is 0 Å². The van der Waals surface area contributed by atoms with Crippen molar-refractivity contribution in [2.24, 2.45) is 5.73 Å². The summed E-state index contributed by atoms with van der Waals surface area (Å²) >= 11 is 0. The van der Waals surface area contributed by atoms with Crippen LogP contribution < -0.4 is 5.73 Å². The molecule has 7 heteroatoms. The third kappa shape index (κ3) is 2.55. The van der Waals surface area contributed by atoms with Gasteiger partial charge in [-0.15, -0.1) is 0 Å². The van der Waals surface area contributed by atoms with E-state index in [2.05, 4.69) is 9.97 Å². The second kappa shape index (κ2) is 4.73. The fraction of sp³-hybridized carbons (Fsp3) is 0.625. The molecule has 1 aromatic rings. The van der Waals surface area contributed by atoms with E-state index in [1.807, 2.05) is 13.8 Å². The topological polar surface area (TPSA) is 92.1 Å². The van der Waals surface area contributed by atoms with Gasteiger partial charge < -0.3 is 10.7 Å². The summed E-state index contributed by atoms with van der Waals surface area (Å²) in [6.07, 6.45) is 2.63. The highest BCUT2D eigenvalue weighted by Crippen LogP contribution is 2.14. The van der Waals surface area contributed by atoms with Gasteiger partial charge in [0.05, 0.1) is 12.5 Å². The monoisotopic (exact) mass is 232 g/mol. The minimum atomic E-state index is -3.48. The van der Waals surface area contributed by atoms with Gasteiger partial charge in [0.2, 0.25) is 0 Å². The van der Waals surface area contributed by atoms with Gasteiger partial charge >= 0.3 is 0 Å². The number of H-pyrrole nitrogens is 1. The number of sulfonamides is 1. The van der Waals surface area contributed by atoms with Crippen LogP contribution in [0.4, 0.5) is 0 Å². The van der Waals surface area contributed by atoms with Crippen molar-refractivity contribution in [1.82, 2.24) is 14.3 Å². The molecule has 0 saturated heterocycles. The number of hydrogen-bond acceptors (Lipinski definition) is 4. The number of nitrogens with one attached hydrogen (secondary N) is 1. The number of aromatic nitrogens is 2. The maximum absolute atomic E-state index is 12.0. The Morgan fingerprint density at radius 2 is 2.27 bits per heavy atom. The number of imidazole rings is 1. The van der Waals surface area contributed by atoms with Crippen molar-refractivity contribution in [2.75, 3.05) is 13.1 Å². The largest absolute Gasteiger partial charge is 0.335 e. The molecule has 0 fully saturated rings. The summed E-state index contributed by atoms with van der Waals surface area (Å²) in [7, 11) is -3.48. The average molecular weight is 232 g/mol. The van der Waals surface area contributed by atoms with E-state index in [9.17, 15) is 8.42 Å². The standard InChI is InChI=1S/C8H16N4O2S/c1-7(2)12(4-3-9)15(13,14)8-5-10-6-11-8/h5-7H,3-4,9H2,1-2H3,(H,10,11). The van der Waals surface area contributed by atoms with Gasteiger partial charge in [0.1, 0.15) is 0 Å². The van der Waals surface area contributed by atoms with Crippen molar-refractivity contribution < 1.29 is 8.42 Å². The molecule has 0 amide bonds. The molecule has 0 bridgehead atoms. The van der Waals surface area contributed by atoms with Crippen molar-refractivity contribution in [3.63, 3.8) is 0 Å². The van der Waals surface area contributed by atoms with Crippen LogP contribution >= 0.6 is 0 Å². The first-order valence-corrected chi connectivity index (χ1v) is 6.14. The summed E-state index contributed by atoms with van der Waals surface area (Å²) in [6, 6.07) is -0.123. The second-order valence-electron chi connectivity index (χ2n) is 3.41. The van der Waals surface area contributed by atoms with Crippen molar-refractivity contribution in [1.29, 1.82) is 0 Å². The van der Waals surface area contributed by atoms with Gasteiger partial charge in [0.15, 0.2) is 5.03 Å². The highest BCUT2D eigenvalue weighted by Gasteiger charge is 2.27. The molecule has 1 rings (SSSR count). The van der Waals surface area contributed by atoms with Crippen LogP contribution in [0.1, 0.15) is 13.8 Å². The molecule has 0 spiro atoms. The average Bonchev–Trinajstić information content (AvgIpc) is 2.66. The highest BCUT2D eigenvalue weighted by molar-refractivity contribution is 7.89. The minimum Gasteiger partial charge on any atom is -0.335 e. The molecule has 3 N–H and O–H groups in total. The zero-order valence-electron chi connectivity index (χ0n) is 8.84. The highest BCUT2D eigenvalue weighted by atomic mass is 32.2. The van der Waals surface area contributed by atoms with E-state index in [0.29, 0.717) is 13.1 Å². The van der Waals surface area contributed by atoms with Gasteiger partial charge in [-0.05, 0) is 13.8 Å². The lowest BCUT2D eigenvalue weighted by atomic mass is 10.4. The Labute approximate surface area is 89.5 Å². The first-order valence-electron chi connectivity index (χ1n) is 4.70. The smallest absolute Gasteiger partial charge is 0.260 e. The summed E-state index contributed by atoms with van der Waals surface area (Å²) in [5.41, 5.74) is 5.39. The summed E-state index contributed by atoms with van der Waals surface area (Å²) in [5.74, 6) is 0. The third-order valence-corrected chi connectivity index (χ3v) is 3.99. The van der Waals surface area contributed by atoms with Gasteiger partial charge in [0, 0.05) is 19.1 Å². The maximum Gasteiger partial charge on any atom is 0.260 e. The third-order valence-electron chi connectivity index (χ3n) is 1.99.